The summed E-state index contributed by atoms with van der Waals surface area (Å²) in [6.07, 6.45) is 1.10. The molecular weight excluding hydrogens is 298 g/mol. The minimum atomic E-state index is -3.27. The molecule has 0 saturated carbocycles. The Balaban J connectivity index is 2.72. The molecule has 0 aromatic heterocycles. The molecule has 0 aliphatic rings. The SMILES string of the molecule is COC(=O)C(COc1ccc(S(C)(=O)=O)cc1)NC(C)=O. The fourth-order valence-electron chi connectivity index (χ4n) is 1.52. The zero-order valence-corrected chi connectivity index (χ0v) is 12.8. The molecule has 0 fully saturated rings. The summed E-state index contributed by atoms with van der Waals surface area (Å²) < 4.78 is 32.5. The van der Waals surface area contributed by atoms with Gasteiger partial charge >= 0.3 is 5.97 Å². The van der Waals surface area contributed by atoms with Gasteiger partial charge in [0.1, 0.15) is 12.4 Å². The molecule has 8 heteroatoms. The minimum absolute atomic E-state index is 0.121. The quantitative estimate of drug-likeness (QED) is 0.750. The van der Waals surface area contributed by atoms with Gasteiger partial charge in [-0.05, 0) is 24.3 Å². The Morgan fingerprint density at radius 1 is 1.24 bits per heavy atom. The van der Waals surface area contributed by atoms with E-state index >= 15 is 0 Å². The van der Waals surface area contributed by atoms with Crippen LogP contribution in [-0.2, 0) is 24.2 Å². The topological polar surface area (TPSA) is 98.8 Å². The van der Waals surface area contributed by atoms with E-state index in [0.29, 0.717) is 5.75 Å². The molecule has 0 heterocycles. The first-order valence-corrected chi connectivity index (χ1v) is 7.91. The van der Waals surface area contributed by atoms with Crippen LogP contribution >= 0.6 is 0 Å². The summed E-state index contributed by atoms with van der Waals surface area (Å²) in [4.78, 5) is 22.6. The van der Waals surface area contributed by atoms with Crippen LogP contribution in [0.25, 0.3) is 0 Å². The van der Waals surface area contributed by atoms with Gasteiger partial charge in [0.05, 0.1) is 12.0 Å². The molecule has 0 aliphatic heterocycles. The molecule has 1 atom stereocenters. The van der Waals surface area contributed by atoms with E-state index in [0.717, 1.165) is 6.26 Å². The summed E-state index contributed by atoms with van der Waals surface area (Å²) in [6, 6.07) is 4.81. The van der Waals surface area contributed by atoms with Gasteiger partial charge in [0.25, 0.3) is 0 Å². The number of ether oxygens (including phenoxy) is 2. The maximum atomic E-state index is 11.5. The van der Waals surface area contributed by atoms with Gasteiger partial charge in [0.2, 0.25) is 5.91 Å². The van der Waals surface area contributed by atoms with Crippen molar-refractivity contribution in [1.82, 2.24) is 5.32 Å². The third kappa shape index (κ3) is 5.42. The minimum Gasteiger partial charge on any atom is -0.491 e. The van der Waals surface area contributed by atoms with Gasteiger partial charge in [-0.15, -0.1) is 0 Å². The van der Waals surface area contributed by atoms with E-state index in [1.807, 2.05) is 0 Å². The van der Waals surface area contributed by atoms with Crippen LogP contribution in [0.2, 0.25) is 0 Å². The largest absolute Gasteiger partial charge is 0.491 e. The number of carbonyl (C=O) groups excluding carboxylic acids is 2. The smallest absolute Gasteiger partial charge is 0.331 e. The van der Waals surface area contributed by atoms with Gasteiger partial charge < -0.3 is 14.8 Å². The van der Waals surface area contributed by atoms with Gasteiger partial charge in [0.15, 0.2) is 15.9 Å². The fraction of sp³-hybridized carbons (Fsp3) is 0.385. The number of carbonyl (C=O) groups is 2. The summed E-state index contributed by atoms with van der Waals surface area (Å²) in [6.45, 7) is 1.15. The molecule has 0 radical (unpaired) electrons. The molecule has 0 aliphatic carbocycles. The zero-order chi connectivity index (χ0) is 16.0. The number of amides is 1. The lowest BCUT2D eigenvalue weighted by molar-refractivity contribution is -0.145. The van der Waals surface area contributed by atoms with Crippen LogP contribution in [-0.4, -0.2) is 46.3 Å². The van der Waals surface area contributed by atoms with Gasteiger partial charge in [-0.3, -0.25) is 4.79 Å². The maximum absolute atomic E-state index is 11.5. The van der Waals surface area contributed by atoms with E-state index in [4.69, 9.17) is 4.74 Å². The molecule has 1 rings (SSSR count). The highest BCUT2D eigenvalue weighted by Gasteiger charge is 2.21. The summed E-state index contributed by atoms with van der Waals surface area (Å²) in [5.41, 5.74) is 0. The van der Waals surface area contributed by atoms with Crippen molar-refractivity contribution < 1.29 is 27.5 Å². The summed E-state index contributed by atoms with van der Waals surface area (Å²) in [7, 11) is -2.06. The number of esters is 1. The lowest BCUT2D eigenvalue weighted by atomic mass is 10.3. The summed E-state index contributed by atoms with van der Waals surface area (Å²) in [5, 5.41) is 2.40. The molecule has 0 bridgehead atoms. The molecular formula is C13H17NO6S. The molecule has 1 aromatic carbocycles. The van der Waals surface area contributed by atoms with E-state index in [2.05, 4.69) is 10.1 Å². The van der Waals surface area contributed by atoms with E-state index in [9.17, 15) is 18.0 Å². The number of rotatable bonds is 6. The van der Waals surface area contributed by atoms with Gasteiger partial charge in [-0.25, -0.2) is 13.2 Å². The molecule has 21 heavy (non-hydrogen) atoms. The number of benzene rings is 1. The van der Waals surface area contributed by atoms with Crippen LogP contribution in [0.5, 0.6) is 5.75 Å². The Bertz CT molecular complexity index is 608. The van der Waals surface area contributed by atoms with E-state index in [1.54, 1.807) is 0 Å². The lowest BCUT2D eigenvalue weighted by Crippen LogP contribution is -2.44. The second kappa shape index (κ2) is 7.07. The molecule has 116 valence electrons. The van der Waals surface area contributed by atoms with Crippen molar-refractivity contribution in [2.24, 2.45) is 0 Å². The average Bonchev–Trinajstić information content (AvgIpc) is 2.41. The number of nitrogens with one attached hydrogen (secondary N) is 1. The van der Waals surface area contributed by atoms with Crippen LogP contribution in [0, 0.1) is 0 Å². The highest BCUT2D eigenvalue weighted by atomic mass is 32.2. The average molecular weight is 315 g/mol. The first kappa shape index (κ1) is 17.0. The first-order valence-electron chi connectivity index (χ1n) is 6.02. The van der Waals surface area contributed by atoms with Gasteiger partial charge in [0, 0.05) is 13.2 Å². The number of sulfone groups is 1. The molecule has 0 saturated heterocycles. The third-order valence-electron chi connectivity index (χ3n) is 2.53. The van der Waals surface area contributed by atoms with E-state index in [-0.39, 0.29) is 17.4 Å². The van der Waals surface area contributed by atoms with Crippen LogP contribution < -0.4 is 10.1 Å². The Morgan fingerprint density at radius 2 is 1.81 bits per heavy atom. The molecule has 1 N–H and O–H groups in total. The Kier molecular flexibility index (Phi) is 5.71. The highest BCUT2D eigenvalue weighted by Crippen LogP contribution is 2.16. The second-order valence-electron chi connectivity index (χ2n) is 4.33. The fourth-order valence-corrected chi connectivity index (χ4v) is 2.15. The van der Waals surface area contributed by atoms with Crippen molar-refractivity contribution in [2.75, 3.05) is 20.0 Å². The van der Waals surface area contributed by atoms with Gasteiger partial charge in [-0.2, -0.15) is 0 Å². The predicted octanol–water partition coefficient (Wildman–Crippen LogP) is 0.147. The monoisotopic (exact) mass is 315 g/mol. The Morgan fingerprint density at radius 3 is 2.24 bits per heavy atom. The van der Waals surface area contributed by atoms with Crippen molar-refractivity contribution in [3.05, 3.63) is 24.3 Å². The number of methoxy groups -OCH3 is 1. The van der Waals surface area contributed by atoms with Crippen molar-refractivity contribution in [2.45, 2.75) is 17.9 Å². The number of hydrogen-bond acceptors (Lipinski definition) is 6. The van der Waals surface area contributed by atoms with Crippen LogP contribution in [0.3, 0.4) is 0 Å². The van der Waals surface area contributed by atoms with E-state index in [1.165, 1.54) is 38.3 Å². The van der Waals surface area contributed by atoms with Crippen molar-refractivity contribution in [3.63, 3.8) is 0 Å². The van der Waals surface area contributed by atoms with Crippen molar-refractivity contribution >= 4 is 21.7 Å². The van der Waals surface area contributed by atoms with Crippen molar-refractivity contribution in [1.29, 1.82) is 0 Å². The Hall–Kier alpha value is -2.09. The molecule has 1 aromatic rings. The van der Waals surface area contributed by atoms with Crippen molar-refractivity contribution in [3.8, 4) is 5.75 Å². The summed E-state index contributed by atoms with van der Waals surface area (Å²) in [5.74, 6) is -0.638. The highest BCUT2D eigenvalue weighted by molar-refractivity contribution is 7.90. The normalized spacial score (nSPS) is 12.3. The molecule has 1 amide bonds. The Labute approximate surface area is 123 Å². The second-order valence-corrected chi connectivity index (χ2v) is 6.35. The van der Waals surface area contributed by atoms with Gasteiger partial charge in [-0.1, -0.05) is 0 Å². The predicted molar refractivity (Wildman–Crippen MR) is 74.7 cm³/mol. The zero-order valence-electron chi connectivity index (χ0n) is 12.0. The molecule has 0 spiro atoms. The number of hydrogen-bond donors (Lipinski definition) is 1. The van der Waals surface area contributed by atoms with E-state index < -0.39 is 21.8 Å². The maximum Gasteiger partial charge on any atom is 0.331 e. The standard InChI is InChI=1S/C13H17NO6S/c1-9(15)14-12(13(16)19-2)8-20-10-4-6-11(7-5-10)21(3,17)18/h4-7,12H,8H2,1-3H3,(H,14,15). The van der Waals surface area contributed by atoms with Crippen LogP contribution in [0.4, 0.5) is 0 Å². The van der Waals surface area contributed by atoms with Crippen LogP contribution in [0.1, 0.15) is 6.92 Å². The molecule has 7 nitrogen and oxygen atoms in total. The third-order valence-corrected chi connectivity index (χ3v) is 3.66. The van der Waals surface area contributed by atoms with Crippen LogP contribution in [0.15, 0.2) is 29.2 Å². The lowest BCUT2D eigenvalue weighted by Gasteiger charge is -2.16. The summed E-state index contributed by atoms with van der Waals surface area (Å²) >= 11 is 0. The molecule has 1 unspecified atom stereocenters. The first-order chi connectivity index (χ1) is 9.74.